The molecular weight excluding hydrogens is 472 g/mol. The number of ether oxygens (including phenoxy) is 3. The van der Waals surface area contributed by atoms with Crippen LogP contribution in [-0.4, -0.2) is 53.8 Å². The predicted molar refractivity (Wildman–Crippen MR) is 137 cm³/mol. The van der Waals surface area contributed by atoms with Crippen LogP contribution in [0.5, 0.6) is 17.5 Å². The average molecular weight is 503 g/mol. The molecule has 5 heterocycles. The zero-order chi connectivity index (χ0) is 25.4. The van der Waals surface area contributed by atoms with Crippen LogP contribution in [-0.2, 0) is 7.05 Å². The number of hydrogen-bond acceptors (Lipinski definition) is 9. The summed E-state index contributed by atoms with van der Waals surface area (Å²) < 4.78 is 22.3. The van der Waals surface area contributed by atoms with E-state index in [2.05, 4.69) is 32.3 Å². The van der Waals surface area contributed by atoms with Crippen LogP contribution in [0.2, 0.25) is 0 Å². The lowest BCUT2D eigenvalue weighted by Crippen LogP contribution is -2.17. The Labute approximate surface area is 214 Å². The summed E-state index contributed by atoms with van der Waals surface area (Å²) in [7, 11) is 1.84. The number of aromatic nitrogens is 7. The third-order valence-electron chi connectivity index (χ3n) is 6.35. The van der Waals surface area contributed by atoms with E-state index >= 15 is 0 Å². The molecule has 1 saturated carbocycles. The number of pyridine rings is 1. The van der Waals surface area contributed by atoms with Crippen LogP contribution in [0.3, 0.4) is 0 Å². The van der Waals surface area contributed by atoms with Crippen molar-refractivity contribution in [1.82, 2.24) is 34.5 Å². The predicted octanol–water partition coefficient (Wildman–Crippen LogP) is 4.55. The summed E-state index contributed by atoms with van der Waals surface area (Å²) in [6.45, 7) is 5.16. The van der Waals surface area contributed by atoms with E-state index in [1.165, 1.54) is 0 Å². The van der Waals surface area contributed by atoms with Crippen molar-refractivity contribution >= 4 is 11.6 Å². The molecule has 6 rings (SSSR count). The first-order valence-corrected chi connectivity index (χ1v) is 12.7. The van der Waals surface area contributed by atoms with Gasteiger partial charge in [0, 0.05) is 43.7 Å². The van der Waals surface area contributed by atoms with Gasteiger partial charge in [0.1, 0.15) is 22.9 Å². The summed E-state index contributed by atoms with van der Waals surface area (Å²) in [5.41, 5.74) is 2.44. The van der Waals surface area contributed by atoms with Gasteiger partial charge in [-0.15, -0.1) is 5.10 Å². The first-order valence-electron chi connectivity index (χ1n) is 12.7. The molecule has 1 N–H and O–H groups in total. The van der Waals surface area contributed by atoms with Crippen LogP contribution < -0.4 is 19.5 Å². The fourth-order valence-electron chi connectivity index (χ4n) is 4.23. The van der Waals surface area contributed by atoms with Gasteiger partial charge in [0.15, 0.2) is 5.82 Å². The third kappa shape index (κ3) is 4.81. The lowest BCUT2D eigenvalue weighted by Gasteiger charge is -2.19. The molecule has 0 unspecified atom stereocenters. The molecule has 0 radical (unpaired) electrons. The minimum Gasteiger partial charge on any atom is -0.490 e. The summed E-state index contributed by atoms with van der Waals surface area (Å²) in [5, 5.41) is 12.4. The smallest absolute Gasteiger partial charge is 0.240 e. The van der Waals surface area contributed by atoms with Crippen LogP contribution in [0.4, 0.5) is 11.6 Å². The lowest BCUT2D eigenvalue weighted by molar-refractivity contribution is 0.173. The van der Waals surface area contributed by atoms with Crippen LogP contribution in [0, 0.1) is 0 Å². The van der Waals surface area contributed by atoms with Gasteiger partial charge in [-0.1, -0.05) is 6.92 Å². The van der Waals surface area contributed by atoms with E-state index < -0.39 is 0 Å². The zero-order valence-electron chi connectivity index (χ0n) is 21.2. The Bertz CT molecular complexity index is 1410. The first kappa shape index (κ1) is 23.3. The van der Waals surface area contributed by atoms with Crippen LogP contribution >= 0.6 is 0 Å². The molecule has 4 aromatic heterocycles. The van der Waals surface area contributed by atoms with Gasteiger partial charge in [-0.25, -0.2) is 19.6 Å². The van der Waals surface area contributed by atoms with Crippen molar-refractivity contribution in [3.63, 3.8) is 0 Å². The molecule has 1 fully saturated rings. The highest BCUT2D eigenvalue weighted by Gasteiger charge is 2.28. The molecule has 1 aliphatic carbocycles. The van der Waals surface area contributed by atoms with E-state index in [9.17, 15) is 0 Å². The molecule has 0 spiro atoms. The van der Waals surface area contributed by atoms with E-state index in [1.807, 2.05) is 30.9 Å². The van der Waals surface area contributed by atoms with Gasteiger partial charge in [0.05, 0.1) is 37.1 Å². The van der Waals surface area contributed by atoms with Crippen molar-refractivity contribution in [3.05, 3.63) is 36.9 Å². The van der Waals surface area contributed by atoms with Crippen LogP contribution in [0.1, 0.15) is 45.6 Å². The second-order valence-corrected chi connectivity index (χ2v) is 9.42. The Morgan fingerprint density at radius 1 is 1.11 bits per heavy atom. The second kappa shape index (κ2) is 9.72. The first-order chi connectivity index (χ1) is 18.1. The quantitative estimate of drug-likeness (QED) is 0.420. The molecule has 1 atom stereocenters. The van der Waals surface area contributed by atoms with Gasteiger partial charge in [-0.2, -0.15) is 5.10 Å². The maximum atomic E-state index is 6.48. The van der Waals surface area contributed by atoms with Gasteiger partial charge in [-0.3, -0.25) is 4.68 Å². The molecule has 4 bridgehead atoms. The van der Waals surface area contributed by atoms with E-state index in [-0.39, 0.29) is 6.10 Å². The maximum absolute atomic E-state index is 6.48. The Morgan fingerprint density at radius 2 is 2.00 bits per heavy atom. The number of nitrogens with zero attached hydrogens (tertiary/aromatic N) is 7. The number of anilines is 2. The van der Waals surface area contributed by atoms with E-state index in [0.29, 0.717) is 60.6 Å². The Kier molecular flexibility index (Phi) is 6.11. The SMILES string of the molecule is CCCOc1nn(C2CC2)cc1-c1cnc2cc1O[C@@H](C)CCOc1c(cnn1C)-c1nccc(n1)N2. The molecule has 0 aromatic carbocycles. The lowest BCUT2D eigenvalue weighted by atomic mass is 10.1. The molecule has 37 heavy (non-hydrogen) atoms. The highest BCUT2D eigenvalue weighted by atomic mass is 16.5. The fourth-order valence-corrected chi connectivity index (χ4v) is 4.23. The minimum atomic E-state index is -0.124. The van der Waals surface area contributed by atoms with Gasteiger partial charge in [0.25, 0.3) is 0 Å². The number of hydrogen-bond donors (Lipinski definition) is 1. The Hall–Kier alpha value is -4.15. The number of nitrogens with one attached hydrogen (secondary N) is 1. The third-order valence-corrected chi connectivity index (χ3v) is 6.35. The summed E-state index contributed by atoms with van der Waals surface area (Å²) in [6, 6.07) is 4.12. The Morgan fingerprint density at radius 3 is 2.84 bits per heavy atom. The van der Waals surface area contributed by atoms with Crippen molar-refractivity contribution in [3.8, 4) is 40.0 Å². The molecule has 1 aliphatic heterocycles. The molecule has 2 aliphatic rings. The van der Waals surface area contributed by atoms with Gasteiger partial charge < -0.3 is 19.5 Å². The highest BCUT2D eigenvalue weighted by Crippen LogP contribution is 2.42. The summed E-state index contributed by atoms with van der Waals surface area (Å²) in [4.78, 5) is 13.8. The molecular formula is C26H30N8O3. The summed E-state index contributed by atoms with van der Waals surface area (Å²) in [5.74, 6) is 3.65. The molecule has 0 saturated heterocycles. The second-order valence-electron chi connectivity index (χ2n) is 9.42. The zero-order valence-corrected chi connectivity index (χ0v) is 21.2. The number of rotatable bonds is 5. The summed E-state index contributed by atoms with van der Waals surface area (Å²) >= 11 is 0. The molecule has 192 valence electrons. The van der Waals surface area contributed by atoms with Crippen molar-refractivity contribution in [2.75, 3.05) is 18.5 Å². The summed E-state index contributed by atoms with van der Waals surface area (Å²) in [6.07, 6.45) is 11.0. The van der Waals surface area contributed by atoms with Crippen LogP contribution in [0.25, 0.3) is 22.5 Å². The van der Waals surface area contributed by atoms with E-state index in [0.717, 1.165) is 36.0 Å². The minimum absolute atomic E-state index is 0.124. The molecule has 11 heteroatoms. The molecule has 0 amide bonds. The monoisotopic (exact) mass is 502 g/mol. The van der Waals surface area contributed by atoms with E-state index in [1.54, 1.807) is 29.3 Å². The highest BCUT2D eigenvalue weighted by molar-refractivity contribution is 5.75. The average Bonchev–Trinajstić information content (AvgIpc) is 3.56. The van der Waals surface area contributed by atoms with Gasteiger partial charge >= 0.3 is 0 Å². The fraction of sp³-hybridized carbons (Fsp3) is 0.423. The normalized spacial score (nSPS) is 17.1. The van der Waals surface area contributed by atoms with Gasteiger partial charge in [0.2, 0.25) is 11.8 Å². The largest absolute Gasteiger partial charge is 0.490 e. The molecule has 4 aromatic rings. The van der Waals surface area contributed by atoms with Gasteiger partial charge in [-0.05, 0) is 32.3 Å². The molecule has 11 nitrogen and oxygen atoms in total. The maximum Gasteiger partial charge on any atom is 0.240 e. The van der Waals surface area contributed by atoms with Crippen molar-refractivity contribution < 1.29 is 14.2 Å². The van der Waals surface area contributed by atoms with Crippen LogP contribution in [0.15, 0.2) is 36.9 Å². The number of aryl methyl sites for hydroxylation is 1. The van der Waals surface area contributed by atoms with Crippen molar-refractivity contribution in [2.45, 2.75) is 51.7 Å². The number of fused-ring (bicyclic) bond motifs is 6. The Balaban J connectivity index is 1.40. The van der Waals surface area contributed by atoms with Crippen molar-refractivity contribution in [2.24, 2.45) is 7.05 Å². The van der Waals surface area contributed by atoms with Crippen molar-refractivity contribution in [1.29, 1.82) is 0 Å². The van der Waals surface area contributed by atoms with E-state index in [4.69, 9.17) is 19.3 Å². The topological polar surface area (TPSA) is 114 Å². The standard InChI is InChI=1S/C26H30N8O3/c1-4-10-35-25-20(15-34(32-25)17-5-6-17)18-13-28-23-12-21(18)37-16(2)8-11-36-26-19(14-29-33(26)3)24-27-9-7-22(30-23)31-24/h7,9,12-17H,4-6,8,10-11H2,1-3H3,(H,27,28,30,31)/t16-/m0/s1.